The van der Waals surface area contributed by atoms with Crippen molar-refractivity contribution in [3.8, 4) is 0 Å². The molecule has 0 saturated carbocycles. The molecular weight excluding hydrogens is 566 g/mol. The summed E-state index contributed by atoms with van der Waals surface area (Å²) in [7, 11) is 2.06. The van der Waals surface area contributed by atoms with Gasteiger partial charge in [-0.25, -0.2) is 10.6 Å². The molecule has 0 atom stereocenters. The fourth-order valence-electron chi connectivity index (χ4n) is 2.64. The maximum atomic E-state index is 3.66. The maximum Gasteiger partial charge on any atom is 2.00 e. The Hall–Kier alpha value is -2.16. The Morgan fingerprint density at radius 3 is 1.24 bits per heavy atom. The number of hydrogen-bond donors (Lipinski definition) is 0. The summed E-state index contributed by atoms with van der Waals surface area (Å²) >= 11 is 0. The van der Waals surface area contributed by atoms with Crippen LogP contribution in [0.1, 0.15) is 0 Å². The van der Waals surface area contributed by atoms with Gasteiger partial charge in [-0.05, 0) is 10.6 Å². The summed E-state index contributed by atoms with van der Waals surface area (Å²) in [5.41, 5.74) is 0. The second kappa shape index (κ2) is 19.2. The molecule has 1 aromatic heterocycles. The molecule has 0 saturated heterocycles. The normalized spacial score (nSPS) is 8.94. The predicted molar refractivity (Wildman–Crippen MR) is 143 cm³/mol. The van der Waals surface area contributed by atoms with Crippen LogP contribution in [0.15, 0.2) is 146 Å². The first kappa shape index (κ1) is 29.9. The standard InChI is InChI=1S/C12H11P.C12H10P.C5H4N.ClH.Pd/c2*1-3-7-11(8-4-1)13-12-9-5-2-6-10-12;1-2-4-6-5-3-1;;/h1-10,13H;1-10H;1-4H;1H;/q;2*-1;;+2/p-1. The summed E-state index contributed by atoms with van der Waals surface area (Å²) in [6.07, 6.45) is 4.34. The molecule has 0 aliphatic heterocycles. The zero-order chi connectivity index (χ0) is 22.1. The fourth-order valence-corrected chi connectivity index (χ4v) is 4.63. The van der Waals surface area contributed by atoms with Gasteiger partial charge in [0.1, 0.15) is 0 Å². The van der Waals surface area contributed by atoms with E-state index in [-0.39, 0.29) is 32.8 Å². The molecule has 0 aliphatic rings. The van der Waals surface area contributed by atoms with Crippen molar-refractivity contribution in [2.75, 3.05) is 0 Å². The van der Waals surface area contributed by atoms with Gasteiger partial charge in [0, 0.05) is 0 Å². The first-order valence-electron chi connectivity index (χ1n) is 10.4. The first-order valence-corrected chi connectivity index (χ1v) is 12.3. The Balaban J connectivity index is 0.000000263. The van der Waals surface area contributed by atoms with E-state index in [0.717, 1.165) is 8.58 Å². The van der Waals surface area contributed by atoms with Crippen LogP contribution in [0.25, 0.3) is 0 Å². The van der Waals surface area contributed by atoms with E-state index in [1.54, 1.807) is 12.3 Å². The summed E-state index contributed by atoms with van der Waals surface area (Å²) in [5, 5.41) is 5.48. The van der Waals surface area contributed by atoms with Gasteiger partial charge in [-0.1, -0.05) is 142 Å². The number of pyridine rings is 1. The number of halogens is 1. The van der Waals surface area contributed by atoms with Crippen molar-refractivity contribution in [2.45, 2.75) is 0 Å². The van der Waals surface area contributed by atoms with E-state index in [1.165, 1.54) is 29.8 Å². The molecule has 1 nitrogen and oxygen atoms in total. The van der Waals surface area contributed by atoms with Gasteiger partial charge < -0.3 is 26.0 Å². The smallest absolute Gasteiger partial charge is 1.00 e. The van der Waals surface area contributed by atoms with Crippen LogP contribution in [-0.4, -0.2) is 4.98 Å². The number of rotatable bonds is 4. The van der Waals surface area contributed by atoms with Gasteiger partial charge in [0.2, 0.25) is 0 Å². The molecule has 0 radical (unpaired) electrons. The number of nitrogens with zero attached hydrogens (tertiary/aromatic N) is 1. The minimum absolute atomic E-state index is 0. The average Bonchev–Trinajstić information content (AvgIpc) is 2.88. The molecule has 5 rings (SSSR count). The van der Waals surface area contributed by atoms with Gasteiger partial charge >= 0.3 is 20.4 Å². The van der Waals surface area contributed by atoms with E-state index in [1.807, 2.05) is 24.3 Å². The van der Waals surface area contributed by atoms with Crippen molar-refractivity contribution in [1.82, 2.24) is 4.98 Å². The van der Waals surface area contributed by atoms with Crippen LogP contribution in [-0.2, 0) is 20.4 Å². The summed E-state index contributed by atoms with van der Waals surface area (Å²) < 4.78 is 0. The van der Waals surface area contributed by atoms with Crippen molar-refractivity contribution < 1.29 is 32.8 Å². The monoisotopic (exact) mass is 590 g/mol. The van der Waals surface area contributed by atoms with Gasteiger partial charge in [0.15, 0.2) is 0 Å². The quantitative estimate of drug-likeness (QED) is 0.178. The molecule has 4 aromatic carbocycles. The van der Waals surface area contributed by atoms with Crippen molar-refractivity contribution in [3.63, 3.8) is 0 Å². The molecular formula is C29H25ClNP2Pd-. The zero-order valence-electron chi connectivity index (χ0n) is 18.4. The molecule has 5 heteroatoms. The van der Waals surface area contributed by atoms with Crippen LogP contribution >= 0.6 is 17.2 Å². The SMILES string of the molecule is [Cl-].[Pd+2].[c-]1ccccn1.c1ccc(Pc2ccccc2)cc1.c1ccc([P-]c2ccccc2)cc1. The summed E-state index contributed by atoms with van der Waals surface area (Å²) in [5.74, 6) is 0. The second-order valence-corrected chi connectivity index (χ2v) is 9.26. The Labute approximate surface area is 227 Å². The number of aromatic nitrogens is 1. The number of benzene rings is 4. The minimum atomic E-state index is 0. The summed E-state index contributed by atoms with van der Waals surface area (Å²) in [6, 6.07) is 47.6. The first-order chi connectivity index (χ1) is 15.9. The van der Waals surface area contributed by atoms with E-state index in [9.17, 15) is 0 Å². The van der Waals surface area contributed by atoms with E-state index < -0.39 is 0 Å². The largest absolute Gasteiger partial charge is 2.00 e. The van der Waals surface area contributed by atoms with Crippen molar-refractivity contribution in [3.05, 3.63) is 152 Å². The van der Waals surface area contributed by atoms with Gasteiger partial charge in [-0.3, -0.25) is 0 Å². The second-order valence-electron chi connectivity index (χ2n) is 6.60. The third kappa shape index (κ3) is 12.9. The van der Waals surface area contributed by atoms with Crippen LogP contribution in [0.2, 0.25) is 0 Å². The molecule has 0 amide bonds. The minimum Gasteiger partial charge on any atom is -1.00 e. The van der Waals surface area contributed by atoms with E-state index in [2.05, 4.69) is 120 Å². The third-order valence-corrected chi connectivity index (χ3v) is 6.48. The van der Waals surface area contributed by atoms with Crippen molar-refractivity contribution >= 4 is 38.4 Å². The Kier molecular flexibility index (Phi) is 16.9. The van der Waals surface area contributed by atoms with Gasteiger partial charge in [-0.2, -0.15) is 18.2 Å². The Morgan fingerprint density at radius 2 is 0.941 bits per heavy atom. The van der Waals surface area contributed by atoms with E-state index in [4.69, 9.17) is 0 Å². The molecule has 174 valence electrons. The number of hydrogen-bond acceptors (Lipinski definition) is 1. The van der Waals surface area contributed by atoms with Crippen LogP contribution in [0, 0.1) is 6.20 Å². The molecule has 0 fully saturated rings. The molecule has 0 aliphatic carbocycles. The summed E-state index contributed by atoms with van der Waals surface area (Å²) in [4.78, 5) is 3.66. The molecule has 5 aromatic rings. The van der Waals surface area contributed by atoms with Crippen LogP contribution in [0.5, 0.6) is 0 Å². The molecule has 0 bridgehead atoms. The van der Waals surface area contributed by atoms with Crippen molar-refractivity contribution in [2.24, 2.45) is 0 Å². The molecule has 1 heterocycles. The Bertz CT molecular complexity index is 923. The van der Waals surface area contributed by atoms with Gasteiger partial charge in [0.05, 0.1) is 0 Å². The molecule has 34 heavy (non-hydrogen) atoms. The summed E-state index contributed by atoms with van der Waals surface area (Å²) in [6.45, 7) is 0. The zero-order valence-corrected chi connectivity index (χ0v) is 22.6. The molecule has 0 N–H and O–H groups in total. The van der Waals surface area contributed by atoms with Gasteiger partial charge in [0.25, 0.3) is 0 Å². The Morgan fingerprint density at radius 1 is 0.529 bits per heavy atom. The van der Waals surface area contributed by atoms with E-state index >= 15 is 0 Å². The molecule has 0 unspecified atom stereocenters. The average molecular weight is 591 g/mol. The predicted octanol–water partition coefficient (Wildman–Crippen LogP) is 2.78. The van der Waals surface area contributed by atoms with Crippen LogP contribution in [0.4, 0.5) is 0 Å². The third-order valence-electron chi connectivity index (χ3n) is 4.12. The maximum absolute atomic E-state index is 3.66. The van der Waals surface area contributed by atoms with Crippen LogP contribution in [0.3, 0.4) is 0 Å². The topological polar surface area (TPSA) is 12.9 Å². The van der Waals surface area contributed by atoms with Crippen LogP contribution < -0.4 is 33.6 Å². The van der Waals surface area contributed by atoms with E-state index in [0.29, 0.717) is 0 Å². The van der Waals surface area contributed by atoms with Gasteiger partial charge in [-0.15, -0.1) is 0 Å². The fraction of sp³-hybridized carbons (Fsp3) is 0. The van der Waals surface area contributed by atoms with Crippen molar-refractivity contribution in [1.29, 1.82) is 0 Å². The molecule has 0 spiro atoms.